The Labute approximate surface area is 154 Å². The van der Waals surface area contributed by atoms with Crippen LogP contribution in [0.5, 0.6) is 17.2 Å². The number of nitro benzene ring substituents is 1. The second-order valence-electron chi connectivity index (χ2n) is 5.32. The number of aromatic nitrogens is 1. The second kappa shape index (κ2) is 6.83. The first kappa shape index (κ1) is 18.0. The maximum Gasteiger partial charge on any atom is 0.275 e. The Balaban J connectivity index is 2.16. The van der Waals surface area contributed by atoms with Crippen LogP contribution in [0.4, 0.5) is 14.5 Å². The molecule has 134 valence electrons. The molecule has 0 bridgehead atoms. The molecule has 0 aliphatic heterocycles. The first-order chi connectivity index (χ1) is 12.3. The summed E-state index contributed by atoms with van der Waals surface area (Å²) in [5, 5.41) is 11.2. The molecule has 1 heterocycles. The number of hydrogen-bond acceptors (Lipinski definition) is 5. The van der Waals surface area contributed by atoms with Crippen molar-refractivity contribution in [3.63, 3.8) is 0 Å². The lowest BCUT2D eigenvalue weighted by Gasteiger charge is -2.14. The average molecular weight is 425 g/mol. The molecule has 0 aliphatic rings. The van der Waals surface area contributed by atoms with E-state index in [1.54, 1.807) is 13.0 Å². The average Bonchev–Trinajstić information content (AvgIpc) is 2.60. The summed E-state index contributed by atoms with van der Waals surface area (Å²) in [7, 11) is 1.51. The molecular weight excluding hydrogens is 414 g/mol. The molecule has 0 radical (unpaired) electrons. The summed E-state index contributed by atoms with van der Waals surface area (Å²) in [6.45, 7) is 1.77. The number of non-ortho nitro benzene ring substituents is 1. The van der Waals surface area contributed by atoms with E-state index in [0.29, 0.717) is 38.8 Å². The molecule has 3 rings (SSSR count). The lowest BCUT2D eigenvalue weighted by Crippen LogP contribution is -1.98. The standard InChI is InChI=1S/C17H11BrF2N2O4/c1-8-15-12(7-14(25-2)16(8)18)21-4-3-13(15)26-17-10(19)5-9(22(23)24)6-11(17)20/h3-7H,1-2H3. The van der Waals surface area contributed by atoms with Crippen molar-refractivity contribution in [3.05, 3.63) is 62.2 Å². The molecule has 0 N–H and O–H groups in total. The van der Waals surface area contributed by atoms with Crippen LogP contribution in [0, 0.1) is 28.7 Å². The highest BCUT2D eigenvalue weighted by atomic mass is 79.9. The van der Waals surface area contributed by atoms with E-state index in [4.69, 9.17) is 9.47 Å². The largest absolute Gasteiger partial charge is 0.495 e. The van der Waals surface area contributed by atoms with Gasteiger partial charge < -0.3 is 9.47 Å². The van der Waals surface area contributed by atoms with Gasteiger partial charge in [0, 0.05) is 17.6 Å². The van der Waals surface area contributed by atoms with Crippen molar-refractivity contribution < 1.29 is 23.2 Å². The molecule has 3 aromatic rings. The summed E-state index contributed by atoms with van der Waals surface area (Å²) in [6, 6.07) is 4.32. The van der Waals surface area contributed by atoms with E-state index in [0.717, 1.165) is 0 Å². The summed E-state index contributed by atoms with van der Waals surface area (Å²) >= 11 is 3.40. The Bertz CT molecular complexity index is 1020. The normalized spacial score (nSPS) is 10.8. The smallest absolute Gasteiger partial charge is 0.275 e. The van der Waals surface area contributed by atoms with E-state index in [-0.39, 0.29) is 5.75 Å². The highest BCUT2D eigenvalue weighted by Crippen LogP contribution is 2.40. The molecule has 0 saturated heterocycles. The Morgan fingerprint density at radius 1 is 1.19 bits per heavy atom. The van der Waals surface area contributed by atoms with Gasteiger partial charge in [0.2, 0.25) is 0 Å². The van der Waals surface area contributed by atoms with E-state index >= 15 is 0 Å². The number of aryl methyl sites for hydroxylation is 1. The van der Waals surface area contributed by atoms with Gasteiger partial charge in [-0.25, -0.2) is 8.78 Å². The van der Waals surface area contributed by atoms with Gasteiger partial charge in [-0.3, -0.25) is 15.1 Å². The number of hydrogen-bond donors (Lipinski definition) is 0. The molecule has 9 heteroatoms. The first-order valence-corrected chi connectivity index (χ1v) is 8.06. The van der Waals surface area contributed by atoms with Crippen LogP contribution in [0.2, 0.25) is 0 Å². The van der Waals surface area contributed by atoms with Crippen LogP contribution in [0.3, 0.4) is 0 Å². The molecule has 0 spiro atoms. The Morgan fingerprint density at radius 3 is 2.42 bits per heavy atom. The fraction of sp³-hybridized carbons (Fsp3) is 0.118. The number of methoxy groups -OCH3 is 1. The van der Waals surface area contributed by atoms with Crippen molar-refractivity contribution in [2.45, 2.75) is 6.92 Å². The van der Waals surface area contributed by atoms with Gasteiger partial charge in [0.1, 0.15) is 11.5 Å². The number of pyridine rings is 1. The number of nitro groups is 1. The summed E-state index contributed by atoms with van der Waals surface area (Å²) < 4.78 is 39.6. The summed E-state index contributed by atoms with van der Waals surface area (Å²) in [4.78, 5) is 14.0. The summed E-state index contributed by atoms with van der Waals surface area (Å²) in [5.41, 5.74) is 0.503. The molecule has 6 nitrogen and oxygen atoms in total. The molecule has 26 heavy (non-hydrogen) atoms. The van der Waals surface area contributed by atoms with Crippen LogP contribution in [0.15, 0.2) is 34.9 Å². The van der Waals surface area contributed by atoms with E-state index in [2.05, 4.69) is 20.9 Å². The molecular formula is C17H11BrF2N2O4. The molecule has 0 atom stereocenters. The minimum atomic E-state index is -1.17. The Morgan fingerprint density at radius 2 is 1.85 bits per heavy atom. The van der Waals surface area contributed by atoms with Gasteiger partial charge in [-0.05, 0) is 34.5 Å². The summed E-state index contributed by atoms with van der Waals surface area (Å²) in [5.74, 6) is -2.37. The van der Waals surface area contributed by atoms with Crippen LogP contribution in [-0.4, -0.2) is 17.0 Å². The number of fused-ring (bicyclic) bond motifs is 1. The third-order valence-corrected chi connectivity index (χ3v) is 4.74. The van der Waals surface area contributed by atoms with Crippen molar-refractivity contribution in [1.82, 2.24) is 4.98 Å². The molecule has 0 unspecified atom stereocenters. The van der Waals surface area contributed by atoms with Crippen LogP contribution in [-0.2, 0) is 0 Å². The van der Waals surface area contributed by atoms with Crippen molar-refractivity contribution in [2.24, 2.45) is 0 Å². The monoisotopic (exact) mass is 424 g/mol. The zero-order valence-electron chi connectivity index (χ0n) is 13.5. The number of halogens is 3. The predicted molar refractivity (Wildman–Crippen MR) is 93.8 cm³/mol. The summed E-state index contributed by atoms with van der Waals surface area (Å²) in [6.07, 6.45) is 1.42. The maximum atomic E-state index is 14.1. The van der Waals surface area contributed by atoms with Gasteiger partial charge in [-0.2, -0.15) is 0 Å². The zero-order valence-corrected chi connectivity index (χ0v) is 15.1. The van der Waals surface area contributed by atoms with Crippen molar-refractivity contribution >= 4 is 32.5 Å². The third kappa shape index (κ3) is 3.05. The number of benzene rings is 2. The molecule has 1 aromatic heterocycles. The Kier molecular flexibility index (Phi) is 4.73. The van der Waals surface area contributed by atoms with Crippen LogP contribution < -0.4 is 9.47 Å². The molecule has 0 saturated carbocycles. The van der Waals surface area contributed by atoms with Crippen molar-refractivity contribution in [1.29, 1.82) is 0 Å². The van der Waals surface area contributed by atoms with Gasteiger partial charge in [0.25, 0.3) is 5.69 Å². The van der Waals surface area contributed by atoms with Crippen molar-refractivity contribution in [3.8, 4) is 17.2 Å². The van der Waals surface area contributed by atoms with E-state index in [9.17, 15) is 18.9 Å². The fourth-order valence-corrected chi connectivity index (χ4v) is 3.00. The van der Waals surface area contributed by atoms with Crippen LogP contribution >= 0.6 is 15.9 Å². The van der Waals surface area contributed by atoms with E-state index in [1.807, 2.05) is 0 Å². The van der Waals surface area contributed by atoms with Gasteiger partial charge in [0.05, 0.1) is 34.2 Å². The maximum absolute atomic E-state index is 14.1. The Hall–Kier alpha value is -2.81. The van der Waals surface area contributed by atoms with Crippen molar-refractivity contribution in [2.75, 3.05) is 7.11 Å². The lowest BCUT2D eigenvalue weighted by molar-refractivity contribution is -0.385. The van der Waals surface area contributed by atoms with E-state index < -0.39 is 28.0 Å². The zero-order chi connectivity index (χ0) is 19.0. The van der Waals surface area contributed by atoms with Crippen LogP contribution in [0.25, 0.3) is 10.9 Å². The number of nitrogens with zero attached hydrogens (tertiary/aromatic N) is 2. The molecule has 0 amide bonds. The first-order valence-electron chi connectivity index (χ1n) is 7.26. The minimum Gasteiger partial charge on any atom is -0.495 e. The second-order valence-corrected chi connectivity index (χ2v) is 6.11. The van der Waals surface area contributed by atoms with Gasteiger partial charge in [-0.1, -0.05) is 0 Å². The van der Waals surface area contributed by atoms with Gasteiger partial charge >= 0.3 is 0 Å². The number of rotatable bonds is 4. The predicted octanol–water partition coefficient (Wildman–Crippen LogP) is 5.29. The highest BCUT2D eigenvalue weighted by Gasteiger charge is 2.21. The van der Waals surface area contributed by atoms with Crippen LogP contribution in [0.1, 0.15) is 5.56 Å². The van der Waals surface area contributed by atoms with Gasteiger partial charge in [0.15, 0.2) is 17.4 Å². The molecule has 2 aromatic carbocycles. The lowest BCUT2D eigenvalue weighted by atomic mass is 10.1. The quantitative estimate of drug-likeness (QED) is 0.419. The third-order valence-electron chi connectivity index (χ3n) is 3.76. The SMILES string of the molecule is COc1cc2nccc(Oc3c(F)cc([N+](=O)[O-])cc3F)c2c(C)c1Br. The fourth-order valence-electron chi connectivity index (χ4n) is 2.52. The number of ether oxygens (including phenoxy) is 2. The minimum absolute atomic E-state index is 0.155. The molecule has 0 fully saturated rings. The highest BCUT2D eigenvalue weighted by molar-refractivity contribution is 9.10. The topological polar surface area (TPSA) is 74.5 Å². The molecule has 0 aliphatic carbocycles. The van der Waals surface area contributed by atoms with E-state index in [1.165, 1.54) is 19.4 Å². The van der Waals surface area contributed by atoms with Gasteiger partial charge in [-0.15, -0.1) is 0 Å².